The summed E-state index contributed by atoms with van der Waals surface area (Å²) in [5, 5.41) is 0. The first kappa shape index (κ1) is 14.7. The van der Waals surface area contributed by atoms with Crippen LogP contribution in [0.15, 0.2) is 24.3 Å². The second-order valence-electron chi connectivity index (χ2n) is 5.81. The molecule has 116 valence electrons. The first-order valence-corrected chi connectivity index (χ1v) is 9.03. The Hall–Kier alpha value is -1.27. The Morgan fingerprint density at radius 3 is 2.52 bits per heavy atom. The highest BCUT2D eigenvalue weighted by molar-refractivity contribution is 7.92. The average Bonchev–Trinajstić information content (AvgIpc) is 3.30. The van der Waals surface area contributed by atoms with Gasteiger partial charge in [-0.05, 0) is 31.9 Å². The number of hydrogen-bond donors (Lipinski definition) is 0. The molecule has 2 aliphatic rings. The Morgan fingerprint density at radius 1 is 1.24 bits per heavy atom. The van der Waals surface area contributed by atoms with Crippen LogP contribution in [0.25, 0.3) is 0 Å². The Labute approximate surface area is 126 Å². The van der Waals surface area contributed by atoms with E-state index in [2.05, 4.69) is 4.90 Å². The van der Waals surface area contributed by atoms with Crippen molar-refractivity contribution in [1.29, 1.82) is 0 Å². The van der Waals surface area contributed by atoms with E-state index in [1.165, 1.54) is 12.8 Å². The zero-order valence-corrected chi connectivity index (χ0v) is 13.3. The van der Waals surface area contributed by atoms with Gasteiger partial charge in [-0.2, -0.15) is 0 Å². The minimum atomic E-state index is -3.36. The van der Waals surface area contributed by atoms with Crippen LogP contribution in [0.4, 0.5) is 11.4 Å². The molecule has 0 saturated heterocycles. The van der Waals surface area contributed by atoms with Crippen LogP contribution in [0.3, 0.4) is 0 Å². The number of methoxy groups -OCH3 is 1. The van der Waals surface area contributed by atoms with Gasteiger partial charge < -0.3 is 9.64 Å². The smallest absolute Gasteiger partial charge is 0.237 e. The Bertz CT molecular complexity index is 613. The first-order valence-electron chi connectivity index (χ1n) is 7.42. The zero-order valence-electron chi connectivity index (χ0n) is 12.5. The van der Waals surface area contributed by atoms with Gasteiger partial charge in [0.15, 0.2) is 0 Å². The van der Waals surface area contributed by atoms with Crippen LogP contribution in [0.5, 0.6) is 0 Å². The van der Waals surface area contributed by atoms with E-state index in [9.17, 15) is 8.42 Å². The fraction of sp³-hybridized carbons (Fsp3) is 0.600. The number of para-hydroxylation sites is 2. The molecule has 1 heterocycles. The van der Waals surface area contributed by atoms with Crippen molar-refractivity contribution < 1.29 is 13.2 Å². The van der Waals surface area contributed by atoms with Gasteiger partial charge in [-0.3, -0.25) is 4.31 Å². The van der Waals surface area contributed by atoms with Crippen molar-refractivity contribution in [2.24, 2.45) is 0 Å². The number of hydrogen-bond acceptors (Lipinski definition) is 4. The van der Waals surface area contributed by atoms with Crippen LogP contribution in [-0.4, -0.2) is 46.5 Å². The van der Waals surface area contributed by atoms with E-state index >= 15 is 0 Å². The average molecular weight is 310 g/mol. The molecule has 0 spiro atoms. The third-order valence-corrected chi connectivity index (χ3v) is 6.12. The molecule has 1 aliphatic carbocycles. The van der Waals surface area contributed by atoms with Crippen molar-refractivity contribution in [1.82, 2.24) is 0 Å². The van der Waals surface area contributed by atoms with E-state index < -0.39 is 10.0 Å². The summed E-state index contributed by atoms with van der Waals surface area (Å²) in [6.07, 6.45) is 2.12. The number of nitrogens with zero attached hydrogens (tertiary/aromatic N) is 2. The van der Waals surface area contributed by atoms with Crippen LogP contribution >= 0.6 is 0 Å². The van der Waals surface area contributed by atoms with Gasteiger partial charge >= 0.3 is 0 Å². The fourth-order valence-electron chi connectivity index (χ4n) is 2.87. The van der Waals surface area contributed by atoms with Gasteiger partial charge in [0.05, 0.1) is 29.8 Å². The van der Waals surface area contributed by atoms with Gasteiger partial charge in [-0.25, -0.2) is 8.42 Å². The Kier molecular flexibility index (Phi) is 3.84. The minimum absolute atomic E-state index is 0.0151. The highest BCUT2D eigenvalue weighted by atomic mass is 32.2. The van der Waals surface area contributed by atoms with E-state index in [0.29, 0.717) is 12.6 Å². The molecular weight excluding hydrogens is 288 g/mol. The van der Waals surface area contributed by atoms with Gasteiger partial charge in [0.25, 0.3) is 0 Å². The minimum Gasteiger partial charge on any atom is -0.381 e. The summed E-state index contributed by atoms with van der Waals surface area (Å²) in [6, 6.07) is 8.39. The molecule has 1 aromatic rings. The standard InChI is InChI=1S/C15H22N2O3S/c1-12(20-2)11-21(18,19)17-10-9-16(13-7-8-13)14-5-3-4-6-15(14)17/h3-6,12-13H,7-11H2,1-2H3/t12-/m0/s1. The summed E-state index contributed by atoms with van der Waals surface area (Å²) in [6.45, 7) is 3.07. The molecule has 0 amide bonds. The van der Waals surface area contributed by atoms with Crippen LogP contribution in [0.2, 0.25) is 0 Å². The third-order valence-electron chi connectivity index (χ3n) is 4.17. The van der Waals surface area contributed by atoms with Crippen molar-refractivity contribution in [3.63, 3.8) is 0 Å². The molecule has 3 rings (SSSR count). The lowest BCUT2D eigenvalue weighted by molar-refractivity contribution is 0.136. The summed E-state index contributed by atoms with van der Waals surface area (Å²) < 4.78 is 31.9. The zero-order chi connectivity index (χ0) is 15.0. The van der Waals surface area contributed by atoms with Gasteiger partial charge in [0.1, 0.15) is 0 Å². The normalized spacial score (nSPS) is 20.3. The predicted octanol–water partition coefficient (Wildman–Crippen LogP) is 1.84. The Balaban J connectivity index is 1.92. The topological polar surface area (TPSA) is 49.9 Å². The van der Waals surface area contributed by atoms with Crippen molar-refractivity contribution >= 4 is 21.4 Å². The molecule has 1 aromatic carbocycles. The lowest BCUT2D eigenvalue weighted by Gasteiger charge is -2.38. The second-order valence-corrected chi connectivity index (χ2v) is 7.75. The molecule has 5 nitrogen and oxygen atoms in total. The summed E-state index contributed by atoms with van der Waals surface area (Å²) in [5.74, 6) is 0.0151. The monoisotopic (exact) mass is 310 g/mol. The van der Waals surface area contributed by atoms with Crippen LogP contribution in [0, 0.1) is 0 Å². The van der Waals surface area contributed by atoms with Crippen molar-refractivity contribution in [2.75, 3.05) is 35.2 Å². The van der Waals surface area contributed by atoms with Gasteiger partial charge in [-0.1, -0.05) is 12.1 Å². The first-order chi connectivity index (χ1) is 10.0. The molecule has 0 aromatic heterocycles. The van der Waals surface area contributed by atoms with Gasteiger partial charge in [0.2, 0.25) is 10.0 Å². The summed E-state index contributed by atoms with van der Waals surface area (Å²) in [7, 11) is -1.81. The number of anilines is 2. The molecule has 0 bridgehead atoms. The quantitative estimate of drug-likeness (QED) is 0.833. The molecule has 0 N–H and O–H groups in total. The summed E-state index contributed by atoms with van der Waals surface area (Å²) >= 11 is 0. The lowest BCUT2D eigenvalue weighted by atomic mass is 10.2. The Morgan fingerprint density at radius 2 is 1.90 bits per heavy atom. The van der Waals surface area contributed by atoms with Crippen LogP contribution < -0.4 is 9.21 Å². The molecule has 1 aliphatic heterocycles. The van der Waals surface area contributed by atoms with Gasteiger partial charge in [0, 0.05) is 19.7 Å². The predicted molar refractivity (Wildman–Crippen MR) is 84.4 cm³/mol. The number of benzene rings is 1. The summed E-state index contributed by atoms with van der Waals surface area (Å²) in [4.78, 5) is 2.35. The van der Waals surface area contributed by atoms with E-state index in [4.69, 9.17) is 4.74 Å². The molecule has 1 saturated carbocycles. The summed E-state index contributed by atoms with van der Waals surface area (Å²) in [5.41, 5.74) is 1.85. The van der Waals surface area contributed by atoms with Crippen molar-refractivity contribution in [3.05, 3.63) is 24.3 Å². The molecular formula is C15H22N2O3S. The highest BCUT2D eigenvalue weighted by Crippen LogP contribution is 2.40. The molecule has 21 heavy (non-hydrogen) atoms. The SMILES string of the molecule is CO[C@@H](C)CS(=O)(=O)N1CCN(C2CC2)c2ccccc21. The van der Waals surface area contributed by atoms with E-state index in [1.807, 2.05) is 24.3 Å². The second kappa shape index (κ2) is 5.50. The number of fused-ring (bicyclic) bond motifs is 1. The lowest BCUT2D eigenvalue weighted by Crippen LogP contribution is -2.46. The van der Waals surface area contributed by atoms with Gasteiger partial charge in [-0.15, -0.1) is 0 Å². The van der Waals surface area contributed by atoms with Crippen LogP contribution in [-0.2, 0) is 14.8 Å². The molecule has 1 fully saturated rings. The maximum absolute atomic E-state index is 12.6. The maximum atomic E-state index is 12.6. The van der Waals surface area contributed by atoms with E-state index in [1.54, 1.807) is 18.3 Å². The van der Waals surface area contributed by atoms with Crippen LogP contribution in [0.1, 0.15) is 19.8 Å². The van der Waals surface area contributed by atoms with Crippen molar-refractivity contribution in [3.8, 4) is 0 Å². The largest absolute Gasteiger partial charge is 0.381 e. The number of rotatable bonds is 5. The molecule has 0 unspecified atom stereocenters. The fourth-order valence-corrected chi connectivity index (χ4v) is 4.59. The maximum Gasteiger partial charge on any atom is 0.237 e. The highest BCUT2D eigenvalue weighted by Gasteiger charge is 2.37. The molecule has 1 atom stereocenters. The number of sulfonamides is 1. The number of ether oxygens (including phenoxy) is 1. The van der Waals surface area contributed by atoms with Crippen molar-refractivity contribution in [2.45, 2.75) is 31.9 Å². The molecule has 0 radical (unpaired) electrons. The van der Waals surface area contributed by atoms with E-state index in [0.717, 1.165) is 17.9 Å². The molecule has 6 heteroatoms. The third kappa shape index (κ3) is 2.87. The van der Waals surface area contributed by atoms with E-state index in [-0.39, 0.29) is 11.9 Å².